The van der Waals surface area contributed by atoms with Crippen LogP contribution in [0.2, 0.25) is 0 Å². The normalized spacial score (nSPS) is 9.64. The highest BCUT2D eigenvalue weighted by Crippen LogP contribution is 2.12. The molecule has 0 aliphatic carbocycles. The van der Waals surface area contributed by atoms with Gasteiger partial charge in [0, 0.05) is 0 Å². The van der Waals surface area contributed by atoms with Crippen LogP contribution in [-0.2, 0) is 9.53 Å². The van der Waals surface area contributed by atoms with Gasteiger partial charge in [0.25, 0.3) is 5.78 Å². The zero-order valence-corrected chi connectivity index (χ0v) is 7.21. The number of methoxy groups -OCH3 is 1. The summed E-state index contributed by atoms with van der Waals surface area (Å²) in [5.41, 5.74) is -0.889. The van der Waals surface area contributed by atoms with Crippen LogP contribution in [0.15, 0.2) is 18.2 Å². The van der Waals surface area contributed by atoms with E-state index in [-0.39, 0.29) is 0 Å². The number of ether oxygens (including phenoxy) is 1. The number of carbonyl (C=O) groups excluding carboxylic acids is 2. The lowest BCUT2D eigenvalue weighted by Gasteiger charge is -2.01. The van der Waals surface area contributed by atoms with Crippen LogP contribution in [0.3, 0.4) is 0 Å². The van der Waals surface area contributed by atoms with Crippen molar-refractivity contribution in [2.75, 3.05) is 7.11 Å². The largest absolute Gasteiger partial charge is 0.463 e. The van der Waals surface area contributed by atoms with E-state index in [1.807, 2.05) is 0 Å². The molecule has 74 valence electrons. The molecule has 0 saturated carbocycles. The van der Waals surface area contributed by atoms with E-state index in [2.05, 4.69) is 4.74 Å². The van der Waals surface area contributed by atoms with Crippen molar-refractivity contribution >= 4 is 11.8 Å². The fourth-order valence-electron chi connectivity index (χ4n) is 0.909. The summed E-state index contributed by atoms with van der Waals surface area (Å²) in [6, 6.07) is 2.87. The van der Waals surface area contributed by atoms with Gasteiger partial charge in [-0.2, -0.15) is 0 Å². The highest BCUT2D eigenvalue weighted by atomic mass is 19.1. The van der Waals surface area contributed by atoms with E-state index < -0.39 is 29.0 Å². The Kier molecular flexibility index (Phi) is 2.91. The first-order valence-corrected chi connectivity index (χ1v) is 3.64. The maximum absolute atomic E-state index is 12.9. The van der Waals surface area contributed by atoms with Gasteiger partial charge in [0.2, 0.25) is 0 Å². The fourth-order valence-corrected chi connectivity index (χ4v) is 0.909. The number of Topliss-reactive ketones (excluding diaryl/α,β-unsaturated/α-hetero) is 1. The van der Waals surface area contributed by atoms with Gasteiger partial charge in [-0.25, -0.2) is 13.6 Å². The highest BCUT2D eigenvalue weighted by Gasteiger charge is 2.24. The molecule has 0 atom stereocenters. The van der Waals surface area contributed by atoms with E-state index in [9.17, 15) is 18.4 Å². The van der Waals surface area contributed by atoms with Crippen molar-refractivity contribution < 1.29 is 23.1 Å². The minimum absolute atomic E-state index is 0.888. The first-order valence-electron chi connectivity index (χ1n) is 3.64. The van der Waals surface area contributed by atoms with Crippen LogP contribution in [-0.4, -0.2) is 18.9 Å². The van der Waals surface area contributed by atoms with Gasteiger partial charge in [-0.3, -0.25) is 4.79 Å². The molecule has 0 aliphatic heterocycles. The molecule has 3 nitrogen and oxygen atoms in total. The Balaban J connectivity index is 3.19. The van der Waals surface area contributed by atoms with Crippen molar-refractivity contribution in [2.45, 2.75) is 0 Å². The molecule has 0 spiro atoms. The van der Waals surface area contributed by atoms with Crippen molar-refractivity contribution in [1.82, 2.24) is 0 Å². The predicted octanol–water partition coefficient (Wildman–Crippen LogP) is 1.32. The van der Waals surface area contributed by atoms with E-state index in [4.69, 9.17) is 0 Å². The SMILES string of the molecule is COC(=O)C(=O)c1c(F)cccc1F. The summed E-state index contributed by atoms with van der Waals surface area (Å²) in [5.74, 6) is -4.79. The third-order valence-corrected chi connectivity index (χ3v) is 1.56. The van der Waals surface area contributed by atoms with E-state index >= 15 is 0 Å². The van der Waals surface area contributed by atoms with Crippen LogP contribution in [0.25, 0.3) is 0 Å². The Morgan fingerprint density at radius 1 is 1.21 bits per heavy atom. The molecule has 0 radical (unpaired) electrons. The van der Waals surface area contributed by atoms with Crippen molar-refractivity contribution in [3.05, 3.63) is 35.4 Å². The van der Waals surface area contributed by atoms with Crippen LogP contribution in [0.1, 0.15) is 10.4 Å². The molecule has 0 heterocycles. The van der Waals surface area contributed by atoms with Crippen molar-refractivity contribution in [3.63, 3.8) is 0 Å². The zero-order valence-electron chi connectivity index (χ0n) is 7.21. The van der Waals surface area contributed by atoms with Gasteiger partial charge in [-0.15, -0.1) is 0 Å². The summed E-state index contributed by atoms with van der Waals surface area (Å²) >= 11 is 0. The number of benzene rings is 1. The molecule has 0 aliphatic rings. The standard InChI is InChI=1S/C9H6F2O3/c1-14-9(13)8(12)7-5(10)3-2-4-6(7)11/h2-4H,1H3. The lowest BCUT2D eigenvalue weighted by molar-refractivity contribution is -0.135. The third-order valence-electron chi connectivity index (χ3n) is 1.56. The van der Waals surface area contributed by atoms with Gasteiger partial charge < -0.3 is 4.74 Å². The van der Waals surface area contributed by atoms with Gasteiger partial charge in [0.15, 0.2) is 0 Å². The van der Waals surface area contributed by atoms with Gasteiger partial charge in [0.05, 0.1) is 7.11 Å². The van der Waals surface area contributed by atoms with Crippen molar-refractivity contribution in [3.8, 4) is 0 Å². The number of esters is 1. The van der Waals surface area contributed by atoms with Crippen LogP contribution in [0.4, 0.5) is 8.78 Å². The van der Waals surface area contributed by atoms with Crippen LogP contribution in [0, 0.1) is 11.6 Å². The zero-order chi connectivity index (χ0) is 10.7. The van der Waals surface area contributed by atoms with Crippen molar-refractivity contribution in [2.24, 2.45) is 0 Å². The monoisotopic (exact) mass is 200 g/mol. The lowest BCUT2D eigenvalue weighted by atomic mass is 10.1. The predicted molar refractivity (Wildman–Crippen MR) is 42.7 cm³/mol. The Morgan fingerprint density at radius 2 is 1.71 bits per heavy atom. The number of hydrogen-bond acceptors (Lipinski definition) is 3. The number of ketones is 1. The van der Waals surface area contributed by atoms with Crippen molar-refractivity contribution in [1.29, 1.82) is 0 Å². The highest BCUT2D eigenvalue weighted by molar-refractivity contribution is 6.40. The molecule has 14 heavy (non-hydrogen) atoms. The molecule has 0 unspecified atom stereocenters. The molecule has 1 aromatic carbocycles. The van der Waals surface area contributed by atoms with Crippen LogP contribution in [0.5, 0.6) is 0 Å². The second-order valence-electron chi connectivity index (χ2n) is 2.42. The van der Waals surface area contributed by atoms with Gasteiger partial charge >= 0.3 is 5.97 Å². The molecule has 0 N–H and O–H groups in total. The molecule has 0 aromatic heterocycles. The maximum Gasteiger partial charge on any atom is 0.379 e. The molecule has 1 aromatic rings. The molecule has 0 saturated heterocycles. The van der Waals surface area contributed by atoms with E-state index in [0.29, 0.717) is 0 Å². The summed E-state index contributed by atoms with van der Waals surface area (Å²) in [5, 5.41) is 0. The summed E-state index contributed by atoms with van der Waals surface area (Å²) in [4.78, 5) is 21.8. The Bertz CT molecular complexity index is 367. The smallest absolute Gasteiger partial charge is 0.379 e. The average Bonchev–Trinajstić information content (AvgIpc) is 2.16. The van der Waals surface area contributed by atoms with Crippen LogP contribution < -0.4 is 0 Å². The Morgan fingerprint density at radius 3 is 2.14 bits per heavy atom. The number of rotatable bonds is 2. The molecule has 1 rings (SSSR count). The van der Waals surface area contributed by atoms with E-state index in [1.165, 1.54) is 0 Å². The summed E-state index contributed by atoms with van der Waals surface area (Å²) in [6.07, 6.45) is 0. The van der Waals surface area contributed by atoms with Gasteiger partial charge in [0.1, 0.15) is 17.2 Å². The molecule has 0 bridgehead atoms. The molecular formula is C9H6F2O3. The quantitative estimate of drug-likeness (QED) is 0.411. The number of carbonyl (C=O) groups is 2. The molecule has 5 heteroatoms. The lowest BCUT2D eigenvalue weighted by Crippen LogP contribution is -2.18. The summed E-state index contributed by atoms with van der Waals surface area (Å²) in [6.45, 7) is 0. The topological polar surface area (TPSA) is 43.4 Å². The maximum atomic E-state index is 12.9. The first kappa shape index (κ1) is 10.3. The Labute approximate surface area is 78.3 Å². The third kappa shape index (κ3) is 1.76. The van der Waals surface area contributed by atoms with Gasteiger partial charge in [-0.05, 0) is 12.1 Å². The second kappa shape index (κ2) is 3.95. The fraction of sp³-hybridized carbons (Fsp3) is 0.111. The summed E-state index contributed by atoms with van der Waals surface area (Å²) < 4.78 is 29.9. The van der Waals surface area contributed by atoms with Crippen LogP contribution >= 0.6 is 0 Å². The number of halogens is 2. The number of hydrogen-bond donors (Lipinski definition) is 0. The van der Waals surface area contributed by atoms with E-state index in [1.54, 1.807) is 0 Å². The van der Waals surface area contributed by atoms with E-state index in [0.717, 1.165) is 25.3 Å². The summed E-state index contributed by atoms with van der Waals surface area (Å²) in [7, 11) is 0.957. The minimum Gasteiger partial charge on any atom is -0.463 e. The second-order valence-corrected chi connectivity index (χ2v) is 2.42. The molecule has 0 fully saturated rings. The molecule has 0 amide bonds. The Hall–Kier alpha value is -1.78. The first-order chi connectivity index (χ1) is 6.57. The minimum atomic E-state index is -1.33. The molecular weight excluding hydrogens is 194 g/mol. The van der Waals surface area contributed by atoms with Gasteiger partial charge in [-0.1, -0.05) is 6.07 Å². The average molecular weight is 200 g/mol.